The molecular weight excluding hydrogens is 366 g/mol. The van der Waals surface area contributed by atoms with Crippen molar-refractivity contribution in [1.29, 1.82) is 0 Å². The Bertz CT molecular complexity index is 864. The van der Waals surface area contributed by atoms with Crippen molar-refractivity contribution in [1.82, 2.24) is 10.2 Å². The van der Waals surface area contributed by atoms with E-state index >= 15 is 0 Å². The van der Waals surface area contributed by atoms with Crippen LogP contribution in [0.3, 0.4) is 0 Å². The van der Waals surface area contributed by atoms with E-state index in [0.29, 0.717) is 13.0 Å². The molecule has 1 aliphatic heterocycles. The molecule has 0 radical (unpaired) electrons. The van der Waals surface area contributed by atoms with E-state index in [1.807, 2.05) is 53.4 Å². The summed E-state index contributed by atoms with van der Waals surface area (Å²) in [6.45, 7) is 4.80. The minimum atomic E-state index is -0.478. The number of rotatable bonds is 7. The van der Waals surface area contributed by atoms with Gasteiger partial charge in [0.15, 0.2) is 0 Å². The number of hydrogen-bond acceptors (Lipinski definition) is 4. The Morgan fingerprint density at radius 1 is 1.14 bits per heavy atom. The summed E-state index contributed by atoms with van der Waals surface area (Å²) in [4.78, 5) is 26.7. The van der Waals surface area contributed by atoms with Crippen molar-refractivity contribution in [3.8, 4) is 5.75 Å². The first-order valence-corrected chi connectivity index (χ1v) is 9.92. The Morgan fingerprint density at radius 3 is 2.38 bits per heavy atom. The molecule has 0 spiro atoms. The summed E-state index contributed by atoms with van der Waals surface area (Å²) in [5.74, 6) is 0.466. The van der Waals surface area contributed by atoms with Crippen molar-refractivity contribution >= 4 is 11.8 Å². The van der Waals surface area contributed by atoms with Crippen LogP contribution in [0.25, 0.3) is 0 Å². The zero-order valence-corrected chi connectivity index (χ0v) is 17.2. The lowest BCUT2D eigenvalue weighted by atomic mass is 9.93. The van der Waals surface area contributed by atoms with Gasteiger partial charge in [0.2, 0.25) is 11.8 Å². The van der Waals surface area contributed by atoms with E-state index in [1.165, 1.54) is 0 Å². The van der Waals surface area contributed by atoms with Crippen LogP contribution in [-0.2, 0) is 22.6 Å². The van der Waals surface area contributed by atoms with Crippen LogP contribution in [0.4, 0.5) is 0 Å². The van der Waals surface area contributed by atoms with Gasteiger partial charge in [-0.05, 0) is 41.2 Å². The summed E-state index contributed by atoms with van der Waals surface area (Å²) in [5, 5.41) is 3.13. The number of fused-ring (bicyclic) bond motifs is 1. The molecule has 0 fully saturated rings. The second-order valence-corrected chi connectivity index (χ2v) is 7.86. The van der Waals surface area contributed by atoms with Crippen LogP contribution < -0.4 is 15.8 Å². The van der Waals surface area contributed by atoms with Crippen LogP contribution in [0, 0.1) is 5.92 Å². The fraction of sp³-hybridized carbons (Fsp3) is 0.391. The monoisotopic (exact) mass is 395 g/mol. The van der Waals surface area contributed by atoms with E-state index in [-0.39, 0.29) is 24.4 Å². The summed E-state index contributed by atoms with van der Waals surface area (Å²) < 4.78 is 5.22. The van der Waals surface area contributed by atoms with Gasteiger partial charge in [0.25, 0.3) is 0 Å². The van der Waals surface area contributed by atoms with Gasteiger partial charge in [-0.1, -0.05) is 50.2 Å². The van der Waals surface area contributed by atoms with E-state index in [1.54, 1.807) is 7.11 Å². The van der Waals surface area contributed by atoms with Crippen LogP contribution in [0.15, 0.2) is 48.5 Å². The van der Waals surface area contributed by atoms with Crippen LogP contribution >= 0.6 is 0 Å². The van der Waals surface area contributed by atoms with Crippen LogP contribution in [0.1, 0.15) is 36.6 Å². The number of ether oxygens (including phenoxy) is 1. The van der Waals surface area contributed by atoms with E-state index in [2.05, 4.69) is 19.2 Å². The quantitative estimate of drug-likeness (QED) is 0.754. The zero-order chi connectivity index (χ0) is 21.0. The van der Waals surface area contributed by atoms with Gasteiger partial charge >= 0.3 is 0 Å². The molecule has 3 rings (SSSR count). The lowest BCUT2D eigenvalue weighted by molar-refractivity contribution is -0.128. The summed E-state index contributed by atoms with van der Waals surface area (Å²) in [7, 11) is 1.63. The molecule has 154 valence electrons. The highest BCUT2D eigenvalue weighted by molar-refractivity contribution is 5.83. The Hall–Kier alpha value is -2.86. The molecule has 29 heavy (non-hydrogen) atoms. The number of methoxy groups -OCH3 is 1. The number of carbonyl (C=O) groups excluding carboxylic acids is 2. The fourth-order valence-corrected chi connectivity index (χ4v) is 3.87. The lowest BCUT2D eigenvalue weighted by Gasteiger charge is -2.35. The van der Waals surface area contributed by atoms with Gasteiger partial charge < -0.3 is 15.8 Å². The maximum Gasteiger partial charge on any atom is 0.235 e. The molecule has 1 aliphatic rings. The average molecular weight is 396 g/mol. The molecule has 2 amide bonds. The number of hydrogen-bond donors (Lipinski definition) is 2. The standard InChI is InChI=1S/C23H29N3O3/c1-15(2)22(16-8-10-19(29-3)11-9-16)25-21(27)14-26-13-18-7-5-4-6-17(18)12-20(26)23(24)28/h4-11,15,20,22H,12-14H2,1-3H3,(H2,24,28)(H,25,27)/t20-,22+/m1/s1. The van der Waals surface area contributed by atoms with E-state index in [4.69, 9.17) is 10.5 Å². The van der Waals surface area contributed by atoms with E-state index in [9.17, 15) is 9.59 Å². The first-order chi connectivity index (χ1) is 13.9. The van der Waals surface area contributed by atoms with Gasteiger partial charge in [0.05, 0.1) is 25.7 Å². The smallest absolute Gasteiger partial charge is 0.235 e. The van der Waals surface area contributed by atoms with Gasteiger partial charge in [-0.2, -0.15) is 0 Å². The highest BCUT2D eigenvalue weighted by Gasteiger charge is 2.31. The Balaban J connectivity index is 1.72. The van der Waals surface area contributed by atoms with Gasteiger partial charge in [-0.25, -0.2) is 0 Å². The number of amides is 2. The minimum absolute atomic E-state index is 0.120. The topological polar surface area (TPSA) is 84.7 Å². The minimum Gasteiger partial charge on any atom is -0.497 e. The first-order valence-electron chi connectivity index (χ1n) is 9.92. The molecule has 3 N–H and O–H groups in total. The van der Waals surface area contributed by atoms with Crippen molar-refractivity contribution in [2.24, 2.45) is 11.7 Å². The number of nitrogens with zero attached hydrogens (tertiary/aromatic N) is 1. The molecule has 6 nitrogen and oxygen atoms in total. The van der Waals surface area contributed by atoms with E-state index in [0.717, 1.165) is 22.4 Å². The number of carbonyl (C=O) groups is 2. The molecule has 0 bridgehead atoms. The largest absolute Gasteiger partial charge is 0.497 e. The molecular formula is C23H29N3O3. The SMILES string of the molecule is COc1ccc([C@@H](NC(=O)CN2Cc3ccccc3C[C@@H]2C(N)=O)C(C)C)cc1. The Labute approximate surface area is 172 Å². The molecule has 0 unspecified atom stereocenters. The molecule has 0 saturated carbocycles. The van der Waals surface area contributed by atoms with Crippen molar-refractivity contribution < 1.29 is 14.3 Å². The van der Waals surface area contributed by atoms with E-state index < -0.39 is 11.9 Å². The highest BCUT2D eigenvalue weighted by atomic mass is 16.5. The lowest BCUT2D eigenvalue weighted by Crippen LogP contribution is -2.52. The zero-order valence-electron chi connectivity index (χ0n) is 17.2. The van der Waals surface area contributed by atoms with Crippen molar-refractivity contribution in [3.63, 3.8) is 0 Å². The average Bonchev–Trinajstić information content (AvgIpc) is 2.71. The number of primary amides is 1. The van der Waals surface area contributed by atoms with Crippen LogP contribution in [0.2, 0.25) is 0 Å². The third-order valence-corrected chi connectivity index (χ3v) is 5.48. The van der Waals surface area contributed by atoms with Gasteiger partial charge in [0.1, 0.15) is 5.75 Å². The first kappa shape index (κ1) is 20.9. The third kappa shape index (κ3) is 4.95. The van der Waals surface area contributed by atoms with Gasteiger partial charge in [-0.3, -0.25) is 14.5 Å². The molecule has 2 aromatic carbocycles. The maximum atomic E-state index is 12.9. The van der Waals surface area contributed by atoms with Crippen molar-refractivity contribution in [2.45, 2.75) is 38.9 Å². The second-order valence-electron chi connectivity index (χ2n) is 7.86. The number of benzene rings is 2. The van der Waals surface area contributed by atoms with Gasteiger partial charge in [-0.15, -0.1) is 0 Å². The Morgan fingerprint density at radius 2 is 1.79 bits per heavy atom. The summed E-state index contributed by atoms with van der Waals surface area (Å²) >= 11 is 0. The molecule has 0 aliphatic carbocycles. The summed E-state index contributed by atoms with van der Waals surface area (Å²) in [6, 6.07) is 15.1. The molecule has 1 heterocycles. The predicted octanol–water partition coefficient (Wildman–Crippen LogP) is 2.42. The molecule has 2 aromatic rings. The van der Waals surface area contributed by atoms with Crippen LogP contribution in [-0.4, -0.2) is 36.4 Å². The fourth-order valence-electron chi connectivity index (χ4n) is 3.87. The molecule has 0 aromatic heterocycles. The maximum absolute atomic E-state index is 12.9. The van der Waals surface area contributed by atoms with Gasteiger partial charge in [0, 0.05) is 6.54 Å². The predicted molar refractivity (Wildman–Crippen MR) is 112 cm³/mol. The number of nitrogens with one attached hydrogen (secondary N) is 1. The normalized spacial score (nSPS) is 17.4. The van der Waals surface area contributed by atoms with Crippen LogP contribution in [0.5, 0.6) is 5.75 Å². The third-order valence-electron chi connectivity index (χ3n) is 5.48. The summed E-state index contributed by atoms with van der Waals surface area (Å²) in [6.07, 6.45) is 0.533. The molecule has 6 heteroatoms. The molecule has 0 saturated heterocycles. The Kier molecular flexibility index (Phi) is 6.54. The number of nitrogens with two attached hydrogens (primary N) is 1. The molecule has 2 atom stereocenters. The summed E-state index contributed by atoms with van der Waals surface area (Å²) in [5.41, 5.74) is 8.90. The second kappa shape index (κ2) is 9.09. The van der Waals surface area contributed by atoms with Crippen molar-refractivity contribution in [2.75, 3.05) is 13.7 Å². The van der Waals surface area contributed by atoms with Crippen molar-refractivity contribution in [3.05, 3.63) is 65.2 Å². The highest BCUT2D eigenvalue weighted by Crippen LogP contribution is 2.25.